The van der Waals surface area contributed by atoms with E-state index in [1.165, 1.54) is 64.2 Å². The summed E-state index contributed by atoms with van der Waals surface area (Å²) in [6.45, 7) is 18.9. The predicted octanol–water partition coefficient (Wildman–Crippen LogP) is 9.26. The van der Waals surface area contributed by atoms with E-state index in [0.717, 1.165) is 55.1 Å². The summed E-state index contributed by atoms with van der Waals surface area (Å²) in [4.78, 5) is 0. The van der Waals surface area contributed by atoms with Gasteiger partial charge in [0.2, 0.25) is 0 Å². The molecule has 0 spiro atoms. The van der Waals surface area contributed by atoms with E-state index in [4.69, 9.17) is 20.9 Å². The maximum atomic E-state index is 6.87. The Bertz CT molecular complexity index is 761. The van der Waals surface area contributed by atoms with Crippen molar-refractivity contribution in [3.63, 3.8) is 0 Å². The second-order valence-electron chi connectivity index (χ2n) is 15.9. The van der Waals surface area contributed by atoms with Crippen LogP contribution in [-0.2, 0) is 9.31 Å². The van der Waals surface area contributed by atoms with Crippen LogP contribution in [0.1, 0.15) is 119 Å². The van der Waals surface area contributed by atoms with Gasteiger partial charge in [0.15, 0.2) is 0 Å². The highest BCUT2D eigenvalue weighted by Crippen LogP contribution is 2.71. The first kappa shape index (κ1) is 27.8. The quantitative estimate of drug-likeness (QED) is 0.257. The molecule has 0 amide bonds. The smallest absolute Gasteiger partial charge is 0.410 e. The van der Waals surface area contributed by atoms with Crippen LogP contribution >= 0.6 is 11.6 Å². The average molecular weight is 519 g/mol. The van der Waals surface area contributed by atoms with Crippen LogP contribution in [0.5, 0.6) is 0 Å². The minimum Gasteiger partial charge on any atom is -0.410 e. The topological polar surface area (TPSA) is 18.5 Å². The molecule has 5 aliphatic rings. The normalized spacial score (nSPS) is 47.2. The SMILES string of the molecule is CC(C)CCC[C@@H](C)[C@H]1CC[C@H]2[C@@H]3C[C@H](B4OCC(C)(C)CO4)[C@H]4C[C@@H](Cl)CC[C@]4(C)C3CC[C@]12C. The average Bonchev–Trinajstić information content (AvgIpc) is 3.16. The van der Waals surface area contributed by atoms with Gasteiger partial charge in [-0.15, -0.1) is 11.6 Å². The Morgan fingerprint density at radius 1 is 0.806 bits per heavy atom. The van der Waals surface area contributed by atoms with Crippen molar-refractivity contribution < 1.29 is 9.31 Å². The Kier molecular flexibility index (Phi) is 8.00. The number of halogens is 1. The molecule has 1 unspecified atom stereocenters. The molecule has 206 valence electrons. The zero-order valence-corrected chi connectivity index (χ0v) is 25.4. The van der Waals surface area contributed by atoms with Gasteiger partial charge in [-0.3, -0.25) is 0 Å². The first-order chi connectivity index (χ1) is 16.9. The predicted molar refractivity (Wildman–Crippen MR) is 153 cm³/mol. The molecule has 0 N–H and O–H groups in total. The summed E-state index contributed by atoms with van der Waals surface area (Å²) in [5.41, 5.74) is 1.07. The molecule has 0 radical (unpaired) electrons. The van der Waals surface area contributed by atoms with Gasteiger partial charge in [-0.1, -0.05) is 67.7 Å². The number of rotatable bonds is 6. The molecule has 36 heavy (non-hydrogen) atoms. The van der Waals surface area contributed by atoms with E-state index in [0.29, 0.717) is 27.9 Å². The molecular formula is C32H56BClO2. The highest BCUT2D eigenvalue weighted by molar-refractivity contribution is 6.46. The maximum Gasteiger partial charge on any atom is 0.460 e. The lowest BCUT2D eigenvalue weighted by Gasteiger charge is -2.63. The van der Waals surface area contributed by atoms with Crippen molar-refractivity contribution in [2.75, 3.05) is 13.2 Å². The molecule has 0 aromatic rings. The van der Waals surface area contributed by atoms with Gasteiger partial charge in [-0.05, 0) is 109 Å². The number of alkyl halides is 1. The summed E-state index contributed by atoms with van der Waals surface area (Å²) < 4.78 is 13.1. The van der Waals surface area contributed by atoms with E-state index in [1.54, 1.807) is 0 Å². The molecule has 0 bridgehead atoms. The number of hydrogen-bond donors (Lipinski definition) is 0. The first-order valence-electron chi connectivity index (χ1n) is 15.8. The fraction of sp³-hybridized carbons (Fsp3) is 1.00. The minimum atomic E-state index is -0.0226. The molecule has 1 saturated heterocycles. The maximum absolute atomic E-state index is 6.87. The van der Waals surface area contributed by atoms with Crippen LogP contribution in [0.15, 0.2) is 0 Å². The van der Waals surface area contributed by atoms with Crippen molar-refractivity contribution in [3.05, 3.63) is 0 Å². The van der Waals surface area contributed by atoms with Crippen LogP contribution in [0.2, 0.25) is 5.82 Å². The summed E-state index contributed by atoms with van der Waals surface area (Å²) in [5.74, 6) is 6.40. The van der Waals surface area contributed by atoms with Gasteiger partial charge < -0.3 is 9.31 Å². The van der Waals surface area contributed by atoms with Crippen LogP contribution < -0.4 is 0 Å². The van der Waals surface area contributed by atoms with Gasteiger partial charge in [0.25, 0.3) is 0 Å². The molecular weight excluding hydrogens is 463 g/mol. The van der Waals surface area contributed by atoms with Crippen LogP contribution in [0.3, 0.4) is 0 Å². The minimum absolute atomic E-state index is 0.0226. The molecule has 1 heterocycles. The monoisotopic (exact) mass is 518 g/mol. The highest BCUT2D eigenvalue weighted by Gasteiger charge is 2.64. The molecule has 2 nitrogen and oxygen atoms in total. The lowest BCUT2D eigenvalue weighted by molar-refractivity contribution is -0.120. The van der Waals surface area contributed by atoms with Crippen LogP contribution in [0.4, 0.5) is 0 Å². The number of hydrogen-bond acceptors (Lipinski definition) is 2. The van der Waals surface area contributed by atoms with E-state index >= 15 is 0 Å². The highest BCUT2D eigenvalue weighted by atomic mass is 35.5. The molecule has 10 atom stereocenters. The first-order valence-corrected chi connectivity index (χ1v) is 16.3. The molecule has 4 heteroatoms. The van der Waals surface area contributed by atoms with E-state index in [1.807, 2.05) is 0 Å². The van der Waals surface area contributed by atoms with E-state index < -0.39 is 0 Å². The molecule has 4 saturated carbocycles. The van der Waals surface area contributed by atoms with Crippen molar-refractivity contribution in [2.45, 2.75) is 130 Å². The Balaban J connectivity index is 1.37. The zero-order chi connectivity index (χ0) is 25.9. The van der Waals surface area contributed by atoms with Crippen LogP contribution in [0, 0.1) is 57.7 Å². The second-order valence-corrected chi connectivity index (χ2v) is 16.6. The van der Waals surface area contributed by atoms with Gasteiger partial charge in [0.05, 0.1) is 0 Å². The summed E-state index contributed by atoms with van der Waals surface area (Å²) in [7, 11) is -0.0226. The zero-order valence-electron chi connectivity index (χ0n) is 24.7. The summed E-state index contributed by atoms with van der Waals surface area (Å²) in [6.07, 6.45) is 15.0. The summed E-state index contributed by atoms with van der Waals surface area (Å²) >= 11 is 6.87. The van der Waals surface area contributed by atoms with E-state index in [-0.39, 0.29) is 12.5 Å². The van der Waals surface area contributed by atoms with Crippen molar-refractivity contribution in [2.24, 2.45) is 57.7 Å². The van der Waals surface area contributed by atoms with Crippen molar-refractivity contribution in [1.82, 2.24) is 0 Å². The van der Waals surface area contributed by atoms with Crippen LogP contribution in [-0.4, -0.2) is 25.7 Å². The largest absolute Gasteiger partial charge is 0.460 e. The molecule has 0 aromatic heterocycles. The van der Waals surface area contributed by atoms with Gasteiger partial charge in [0.1, 0.15) is 0 Å². The Morgan fingerprint density at radius 3 is 2.17 bits per heavy atom. The lowest BCUT2D eigenvalue weighted by atomic mass is 9.38. The summed E-state index contributed by atoms with van der Waals surface area (Å²) in [5, 5.41) is 0.332. The van der Waals surface area contributed by atoms with Crippen molar-refractivity contribution >= 4 is 18.7 Å². The standard InChI is InChI=1S/C32H56BClO2/c1-21(2)9-8-10-22(3)25-11-12-26-24-18-29(33-35-19-30(4,5)20-36-33)28-17-23(34)13-15-32(28,7)27(24)14-16-31(25,26)6/h21-29H,8-20H2,1-7H3/t22-,23+,24+,25-,26+,27?,28-,29+,31-,32-/m1/s1. The van der Waals surface area contributed by atoms with Gasteiger partial charge in [0, 0.05) is 24.0 Å². The summed E-state index contributed by atoms with van der Waals surface area (Å²) in [6, 6.07) is 0. The van der Waals surface area contributed by atoms with Gasteiger partial charge in [-0.2, -0.15) is 0 Å². The molecule has 1 aliphatic heterocycles. The van der Waals surface area contributed by atoms with E-state index in [9.17, 15) is 0 Å². The Morgan fingerprint density at radius 2 is 1.47 bits per heavy atom. The third kappa shape index (κ3) is 4.98. The fourth-order valence-electron chi connectivity index (χ4n) is 10.6. The fourth-order valence-corrected chi connectivity index (χ4v) is 10.9. The van der Waals surface area contributed by atoms with Gasteiger partial charge in [-0.25, -0.2) is 0 Å². The van der Waals surface area contributed by atoms with Crippen molar-refractivity contribution in [1.29, 1.82) is 0 Å². The third-order valence-corrected chi connectivity index (χ3v) is 12.9. The lowest BCUT2D eigenvalue weighted by Crippen LogP contribution is -2.58. The molecule has 4 aliphatic carbocycles. The van der Waals surface area contributed by atoms with Crippen molar-refractivity contribution in [3.8, 4) is 0 Å². The van der Waals surface area contributed by atoms with Gasteiger partial charge >= 0.3 is 7.12 Å². The number of fused-ring (bicyclic) bond motifs is 5. The molecule has 5 fully saturated rings. The second kappa shape index (κ2) is 10.4. The Labute approximate surface area is 228 Å². The third-order valence-electron chi connectivity index (χ3n) is 12.5. The Hall–Kier alpha value is 0.275. The van der Waals surface area contributed by atoms with Crippen LogP contribution in [0.25, 0.3) is 0 Å². The molecule has 0 aromatic carbocycles. The van der Waals surface area contributed by atoms with E-state index in [2.05, 4.69) is 48.5 Å². The molecule has 5 rings (SSSR count).